The molecular weight excluding hydrogens is 242 g/mol. The normalized spacial score (nSPS) is 10.5. The minimum atomic E-state index is 0.420. The molecule has 0 bridgehead atoms. The highest BCUT2D eigenvalue weighted by Gasteiger charge is 1.96. The molecule has 1 rings (SSSR count). The number of rotatable bonds is 9. The van der Waals surface area contributed by atoms with Crippen molar-refractivity contribution in [2.24, 2.45) is 0 Å². The van der Waals surface area contributed by atoms with Crippen molar-refractivity contribution >= 4 is 11.6 Å². The number of ether oxygens (including phenoxy) is 3. The SMILES string of the molecule is COCCCOCCOc1ccc(CCl)nc1. The quantitative estimate of drug-likeness (QED) is 0.504. The van der Waals surface area contributed by atoms with Crippen molar-refractivity contribution in [3.8, 4) is 5.75 Å². The van der Waals surface area contributed by atoms with E-state index in [-0.39, 0.29) is 0 Å². The van der Waals surface area contributed by atoms with Gasteiger partial charge in [0.2, 0.25) is 0 Å². The first-order valence-corrected chi connectivity index (χ1v) is 6.10. The van der Waals surface area contributed by atoms with Crippen LogP contribution in [0.25, 0.3) is 0 Å². The fourth-order valence-corrected chi connectivity index (χ4v) is 1.36. The van der Waals surface area contributed by atoms with Crippen molar-refractivity contribution in [1.82, 2.24) is 4.98 Å². The summed E-state index contributed by atoms with van der Waals surface area (Å²) in [5.74, 6) is 1.16. The van der Waals surface area contributed by atoms with E-state index in [2.05, 4.69) is 4.98 Å². The largest absolute Gasteiger partial charge is 0.490 e. The molecule has 0 fully saturated rings. The first-order valence-electron chi connectivity index (χ1n) is 5.57. The van der Waals surface area contributed by atoms with E-state index in [9.17, 15) is 0 Å². The van der Waals surface area contributed by atoms with E-state index < -0.39 is 0 Å². The van der Waals surface area contributed by atoms with Crippen molar-refractivity contribution in [3.63, 3.8) is 0 Å². The van der Waals surface area contributed by atoms with Crippen LogP contribution in [0.2, 0.25) is 0 Å². The maximum absolute atomic E-state index is 5.63. The Balaban J connectivity index is 2.05. The Labute approximate surface area is 107 Å². The lowest BCUT2D eigenvalue weighted by atomic mass is 10.4. The van der Waals surface area contributed by atoms with Crippen LogP contribution in [0.3, 0.4) is 0 Å². The molecule has 17 heavy (non-hydrogen) atoms. The van der Waals surface area contributed by atoms with Gasteiger partial charge in [-0.2, -0.15) is 0 Å². The van der Waals surface area contributed by atoms with E-state index >= 15 is 0 Å². The molecule has 96 valence electrons. The Morgan fingerprint density at radius 3 is 2.71 bits per heavy atom. The molecule has 1 aromatic heterocycles. The molecule has 0 aromatic carbocycles. The summed E-state index contributed by atoms with van der Waals surface area (Å²) in [5, 5.41) is 0. The third-order valence-corrected chi connectivity index (χ3v) is 2.34. The van der Waals surface area contributed by atoms with Crippen LogP contribution in [-0.2, 0) is 15.4 Å². The molecule has 0 saturated carbocycles. The van der Waals surface area contributed by atoms with Crippen molar-refractivity contribution in [2.45, 2.75) is 12.3 Å². The minimum Gasteiger partial charge on any atom is -0.490 e. The summed E-state index contributed by atoms with van der Waals surface area (Å²) >= 11 is 5.63. The van der Waals surface area contributed by atoms with Crippen LogP contribution in [0.4, 0.5) is 0 Å². The number of hydrogen-bond donors (Lipinski definition) is 0. The molecule has 0 N–H and O–H groups in total. The van der Waals surface area contributed by atoms with Gasteiger partial charge in [-0.1, -0.05) is 0 Å². The lowest BCUT2D eigenvalue weighted by Crippen LogP contribution is -2.08. The molecule has 0 radical (unpaired) electrons. The van der Waals surface area contributed by atoms with Gasteiger partial charge < -0.3 is 14.2 Å². The smallest absolute Gasteiger partial charge is 0.137 e. The molecule has 0 amide bonds. The fourth-order valence-electron chi connectivity index (χ4n) is 1.20. The number of halogens is 1. The maximum Gasteiger partial charge on any atom is 0.137 e. The van der Waals surface area contributed by atoms with Gasteiger partial charge in [0.25, 0.3) is 0 Å². The lowest BCUT2D eigenvalue weighted by Gasteiger charge is -2.07. The monoisotopic (exact) mass is 259 g/mol. The average molecular weight is 260 g/mol. The van der Waals surface area contributed by atoms with E-state index in [0.29, 0.717) is 25.7 Å². The number of nitrogens with zero attached hydrogens (tertiary/aromatic N) is 1. The summed E-state index contributed by atoms with van der Waals surface area (Å²) in [4.78, 5) is 4.12. The standard InChI is InChI=1S/C12H18ClNO3/c1-15-5-2-6-16-7-8-17-12-4-3-11(9-13)14-10-12/h3-4,10H,2,5-9H2,1H3. The van der Waals surface area contributed by atoms with Crippen molar-refractivity contribution in [3.05, 3.63) is 24.0 Å². The molecule has 0 spiro atoms. The van der Waals surface area contributed by atoms with Gasteiger partial charge in [0, 0.05) is 20.3 Å². The Bertz CT molecular complexity index is 292. The summed E-state index contributed by atoms with van der Waals surface area (Å²) in [7, 11) is 1.68. The Morgan fingerprint density at radius 1 is 1.18 bits per heavy atom. The molecule has 1 aromatic rings. The molecule has 0 aliphatic rings. The highest BCUT2D eigenvalue weighted by molar-refractivity contribution is 6.16. The van der Waals surface area contributed by atoms with Gasteiger partial charge in [-0.25, -0.2) is 0 Å². The van der Waals surface area contributed by atoms with Gasteiger partial charge in [0.1, 0.15) is 12.4 Å². The van der Waals surface area contributed by atoms with E-state index in [1.165, 1.54) is 0 Å². The summed E-state index contributed by atoms with van der Waals surface area (Å²) in [6.45, 7) is 2.52. The Hall–Kier alpha value is -0.840. The molecule has 0 atom stereocenters. The third-order valence-electron chi connectivity index (χ3n) is 2.07. The molecule has 0 unspecified atom stereocenters. The zero-order valence-corrected chi connectivity index (χ0v) is 10.8. The van der Waals surface area contributed by atoms with Gasteiger partial charge in [-0.05, 0) is 18.6 Å². The highest BCUT2D eigenvalue weighted by Crippen LogP contribution is 2.09. The first-order chi connectivity index (χ1) is 8.36. The Kier molecular flexibility index (Phi) is 7.71. The van der Waals surface area contributed by atoms with Gasteiger partial charge in [-0.15, -0.1) is 11.6 Å². The molecular formula is C12H18ClNO3. The lowest BCUT2D eigenvalue weighted by molar-refractivity contribution is 0.0805. The molecule has 1 heterocycles. The zero-order chi connectivity index (χ0) is 12.3. The topological polar surface area (TPSA) is 40.6 Å². The van der Waals surface area contributed by atoms with Gasteiger partial charge in [-0.3, -0.25) is 4.98 Å². The minimum absolute atomic E-state index is 0.420. The Morgan fingerprint density at radius 2 is 2.06 bits per heavy atom. The predicted octanol–water partition coefficient (Wildman–Crippen LogP) is 2.25. The van der Waals surface area contributed by atoms with E-state index in [4.69, 9.17) is 25.8 Å². The van der Waals surface area contributed by atoms with E-state index in [0.717, 1.165) is 24.5 Å². The molecule has 0 aliphatic heterocycles. The van der Waals surface area contributed by atoms with Crippen LogP contribution in [0.15, 0.2) is 18.3 Å². The second kappa shape index (κ2) is 9.22. The number of methoxy groups -OCH3 is 1. The molecule has 0 saturated heterocycles. The van der Waals surface area contributed by atoms with Crippen LogP contribution >= 0.6 is 11.6 Å². The third kappa shape index (κ3) is 6.46. The summed E-state index contributed by atoms with van der Waals surface area (Å²) in [6.07, 6.45) is 2.57. The van der Waals surface area contributed by atoms with Crippen LogP contribution < -0.4 is 4.74 Å². The van der Waals surface area contributed by atoms with E-state index in [1.807, 2.05) is 12.1 Å². The van der Waals surface area contributed by atoms with Crippen molar-refractivity contribution < 1.29 is 14.2 Å². The number of hydrogen-bond acceptors (Lipinski definition) is 4. The van der Waals surface area contributed by atoms with Crippen LogP contribution in [0, 0.1) is 0 Å². The second-order valence-electron chi connectivity index (χ2n) is 3.43. The van der Waals surface area contributed by atoms with Crippen molar-refractivity contribution in [1.29, 1.82) is 0 Å². The van der Waals surface area contributed by atoms with Crippen LogP contribution in [0.5, 0.6) is 5.75 Å². The van der Waals surface area contributed by atoms with E-state index in [1.54, 1.807) is 13.3 Å². The fraction of sp³-hybridized carbons (Fsp3) is 0.583. The predicted molar refractivity (Wildman–Crippen MR) is 66.6 cm³/mol. The van der Waals surface area contributed by atoms with Gasteiger partial charge in [0.15, 0.2) is 0 Å². The average Bonchev–Trinajstić information content (AvgIpc) is 2.38. The molecule has 0 aliphatic carbocycles. The number of aromatic nitrogens is 1. The van der Waals surface area contributed by atoms with Crippen LogP contribution in [0.1, 0.15) is 12.1 Å². The number of alkyl halides is 1. The summed E-state index contributed by atoms with van der Waals surface area (Å²) in [5.41, 5.74) is 0.842. The zero-order valence-electron chi connectivity index (χ0n) is 10.0. The number of pyridine rings is 1. The second-order valence-corrected chi connectivity index (χ2v) is 3.69. The highest BCUT2D eigenvalue weighted by atomic mass is 35.5. The van der Waals surface area contributed by atoms with Gasteiger partial charge >= 0.3 is 0 Å². The van der Waals surface area contributed by atoms with Crippen molar-refractivity contribution in [2.75, 3.05) is 33.5 Å². The summed E-state index contributed by atoms with van der Waals surface area (Å²) in [6, 6.07) is 3.71. The first kappa shape index (κ1) is 14.2. The maximum atomic E-state index is 5.63. The summed E-state index contributed by atoms with van der Waals surface area (Å²) < 4.78 is 15.7. The molecule has 5 heteroatoms. The van der Waals surface area contributed by atoms with Crippen LogP contribution in [-0.4, -0.2) is 38.5 Å². The molecule has 4 nitrogen and oxygen atoms in total. The van der Waals surface area contributed by atoms with Gasteiger partial charge in [0.05, 0.1) is 24.4 Å².